The Hall–Kier alpha value is -2.61. The van der Waals surface area contributed by atoms with Crippen molar-refractivity contribution in [2.24, 2.45) is 0 Å². The predicted molar refractivity (Wildman–Crippen MR) is 111 cm³/mol. The lowest BCUT2D eigenvalue weighted by atomic mass is 10.2. The van der Waals surface area contributed by atoms with E-state index in [0.717, 1.165) is 0 Å². The van der Waals surface area contributed by atoms with Crippen LogP contribution >= 0.6 is 34.8 Å². The van der Waals surface area contributed by atoms with Crippen LogP contribution in [-0.4, -0.2) is 23.5 Å². The van der Waals surface area contributed by atoms with Gasteiger partial charge in [-0.1, -0.05) is 34.8 Å². The number of nitrogens with zero attached hydrogens (tertiary/aromatic N) is 1. The topological polar surface area (TPSA) is 81.4 Å². The molecule has 1 N–H and O–H groups in total. The molecule has 156 valence electrons. The monoisotopic (exact) mass is 470 g/mol. The summed E-state index contributed by atoms with van der Waals surface area (Å²) >= 11 is 17.8. The van der Waals surface area contributed by atoms with E-state index in [1.807, 2.05) is 0 Å². The minimum atomic E-state index is -0.611. The van der Waals surface area contributed by atoms with E-state index in [0.29, 0.717) is 22.2 Å². The van der Waals surface area contributed by atoms with Gasteiger partial charge in [0.2, 0.25) is 0 Å². The Morgan fingerprint density at radius 1 is 1.10 bits per heavy atom. The van der Waals surface area contributed by atoms with Crippen LogP contribution in [0.3, 0.4) is 0 Å². The van der Waals surface area contributed by atoms with Gasteiger partial charge in [-0.05, 0) is 36.4 Å². The average molecular weight is 472 g/mol. The van der Waals surface area contributed by atoms with Crippen molar-refractivity contribution < 1.29 is 23.1 Å². The van der Waals surface area contributed by atoms with Crippen LogP contribution in [0.5, 0.6) is 0 Å². The molecule has 6 nitrogen and oxygen atoms in total. The fourth-order valence-electron chi connectivity index (χ4n) is 2.44. The Kier molecular flexibility index (Phi) is 7.31. The van der Waals surface area contributed by atoms with Gasteiger partial charge in [0.1, 0.15) is 5.82 Å². The van der Waals surface area contributed by atoms with Crippen LogP contribution in [0.1, 0.15) is 12.3 Å². The van der Waals surface area contributed by atoms with Crippen molar-refractivity contribution in [2.75, 3.05) is 11.9 Å². The summed E-state index contributed by atoms with van der Waals surface area (Å²) in [6.07, 6.45) is 1.62. The van der Waals surface area contributed by atoms with Crippen LogP contribution in [-0.2, 0) is 20.7 Å². The van der Waals surface area contributed by atoms with Crippen molar-refractivity contribution in [3.05, 3.63) is 69.4 Å². The SMILES string of the molecule is O=C(COC(=O)CCc1ncc(-c2ccc(F)cc2)o1)Nc1c(Cl)cc(Cl)cc1Cl. The van der Waals surface area contributed by atoms with E-state index in [-0.39, 0.29) is 34.4 Å². The molecule has 1 amide bonds. The summed E-state index contributed by atoms with van der Waals surface area (Å²) in [7, 11) is 0. The molecule has 0 saturated carbocycles. The second-order valence-corrected chi connectivity index (χ2v) is 7.33. The lowest BCUT2D eigenvalue weighted by Gasteiger charge is -2.10. The van der Waals surface area contributed by atoms with Crippen LogP contribution in [0.25, 0.3) is 11.3 Å². The number of aromatic nitrogens is 1. The van der Waals surface area contributed by atoms with Gasteiger partial charge in [-0.25, -0.2) is 9.37 Å². The summed E-state index contributed by atoms with van der Waals surface area (Å²) in [5.41, 5.74) is 0.839. The fourth-order valence-corrected chi connectivity index (χ4v) is 3.35. The summed E-state index contributed by atoms with van der Waals surface area (Å²) < 4.78 is 23.5. The predicted octanol–water partition coefficient (Wildman–Crippen LogP) is 5.56. The van der Waals surface area contributed by atoms with E-state index in [1.165, 1.54) is 30.5 Å². The fraction of sp³-hybridized carbons (Fsp3) is 0.150. The van der Waals surface area contributed by atoms with E-state index < -0.39 is 18.5 Å². The van der Waals surface area contributed by atoms with E-state index in [4.69, 9.17) is 44.0 Å². The molecule has 0 saturated heterocycles. The Labute approximate surface area is 185 Å². The number of aryl methyl sites for hydroxylation is 1. The highest BCUT2D eigenvalue weighted by Gasteiger charge is 2.14. The van der Waals surface area contributed by atoms with Crippen LogP contribution in [0, 0.1) is 5.82 Å². The molecule has 0 aliphatic rings. The van der Waals surface area contributed by atoms with Gasteiger partial charge in [-0.3, -0.25) is 9.59 Å². The molecule has 3 rings (SSSR count). The highest BCUT2D eigenvalue weighted by Crippen LogP contribution is 2.33. The zero-order valence-corrected chi connectivity index (χ0v) is 17.5. The number of halogens is 4. The quantitative estimate of drug-likeness (QED) is 0.457. The van der Waals surface area contributed by atoms with Crippen molar-refractivity contribution in [1.82, 2.24) is 4.98 Å². The molecule has 10 heteroatoms. The third-order valence-electron chi connectivity index (χ3n) is 3.86. The number of esters is 1. The first-order valence-corrected chi connectivity index (χ1v) is 9.76. The molecule has 0 atom stereocenters. The van der Waals surface area contributed by atoms with E-state index >= 15 is 0 Å². The van der Waals surface area contributed by atoms with Gasteiger partial charge in [0.15, 0.2) is 18.3 Å². The van der Waals surface area contributed by atoms with E-state index in [9.17, 15) is 14.0 Å². The maximum atomic E-state index is 13.0. The first kappa shape index (κ1) is 22.1. The lowest BCUT2D eigenvalue weighted by Crippen LogP contribution is -2.21. The summed E-state index contributed by atoms with van der Waals surface area (Å²) in [4.78, 5) is 27.9. The first-order valence-electron chi connectivity index (χ1n) is 8.62. The van der Waals surface area contributed by atoms with Gasteiger partial charge >= 0.3 is 5.97 Å². The summed E-state index contributed by atoms with van der Waals surface area (Å²) in [5, 5.41) is 3.11. The van der Waals surface area contributed by atoms with E-state index in [2.05, 4.69) is 10.3 Å². The third kappa shape index (κ3) is 5.95. The van der Waals surface area contributed by atoms with Crippen molar-refractivity contribution in [2.45, 2.75) is 12.8 Å². The van der Waals surface area contributed by atoms with Crippen LogP contribution in [0.15, 0.2) is 47.0 Å². The van der Waals surface area contributed by atoms with Crippen LogP contribution in [0.2, 0.25) is 15.1 Å². The lowest BCUT2D eigenvalue weighted by molar-refractivity contribution is -0.147. The molecule has 0 spiro atoms. The van der Waals surface area contributed by atoms with Crippen molar-refractivity contribution in [3.63, 3.8) is 0 Å². The Bertz CT molecular complexity index is 1050. The molecule has 0 aliphatic heterocycles. The van der Waals surface area contributed by atoms with Crippen molar-refractivity contribution >= 4 is 52.4 Å². The highest BCUT2D eigenvalue weighted by molar-refractivity contribution is 6.42. The van der Waals surface area contributed by atoms with Crippen molar-refractivity contribution in [3.8, 4) is 11.3 Å². The minimum absolute atomic E-state index is 0.0426. The van der Waals surface area contributed by atoms with Gasteiger partial charge in [-0.15, -0.1) is 0 Å². The maximum Gasteiger partial charge on any atom is 0.306 e. The minimum Gasteiger partial charge on any atom is -0.456 e. The summed E-state index contributed by atoms with van der Waals surface area (Å²) in [6.45, 7) is -0.513. The number of ether oxygens (including phenoxy) is 1. The number of nitrogens with one attached hydrogen (secondary N) is 1. The molecule has 2 aromatic carbocycles. The van der Waals surface area contributed by atoms with Crippen LogP contribution < -0.4 is 5.32 Å². The Balaban J connectivity index is 1.46. The Morgan fingerprint density at radius 3 is 2.43 bits per heavy atom. The standard InChI is InChI=1S/C20H14Cl3FN2O4/c21-12-7-14(22)20(15(23)8-12)26-17(27)10-29-19(28)6-5-18-25-9-16(30-18)11-1-3-13(24)4-2-11/h1-4,7-9H,5-6,10H2,(H,26,27). The first-order chi connectivity index (χ1) is 14.3. The van der Waals surface area contributed by atoms with Gasteiger partial charge < -0.3 is 14.5 Å². The molecule has 0 unspecified atom stereocenters. The van der Waals surface area contributed by atoms with Crippen LogP contribution in [0.4, 0.5) is 10.1 Å². The third-order valence-corrected chi connectivity index (χ3v) is 4.68. The number of hydrogen-bond donors (Lipinski definition) is 1. The number of amides is 1. The largest absolute Gasteiger partial charge is 0.456 e. The molecule has 0 radical (unpaired) electrons. The molecule has 0 fully saturated rings. The molecule has 3 aromatic rings. The maximum absolute atomic E-state index is 13.0. The number of oxazole rings is 1. The molecule has 0 aliphatic carbocycles. The molecular weight excluding hydrogens is 458 g/mol. The number of rotatable bonds is 7. The molecule has 0 bridgehead atoms. The number of carbonyl (C=O) groups is 2. The van der Waals surface area contributed by atoms with Gasteiger partial charge in [0.25, 0.3) is 5.91 Å². The summed E-state index contributed by atoms with van der Waals surface area (Å²) in [5.74, 6) is -0.806. The number of hydrogen-bond acceptors (Lipinski definition) is 5. The second kappa shape index (κ2) is 9.93. The average Bonchev–Trinajstić information content (AvgIpc) is 3.17. The number of benzene rings is 2. The van der Waals surface area contributed by atoms with Gasteiger partial charge in [0, 0.05) is 17.0 Å². The number of carbonyl (C=O) groups excluding carboxylic acids is 2. The van der Waals surface area contributed by atoms with Crippen molar-refractivity contribution in [1.29, 1.82) is 0 Å². The van der Waals surface area contributed by atoms with Gasteiger partial charge in [-0.2, -0.15) is 0 Å². The molecule has 30 heavy (non-hydrogen) atoms. The zero-order chi connectivity index (χ0) is 21.7. The van der Waals surface area contributed by atoms with Gasteiger partial charge in [0.05, 0.1) is 28.4 Å². The zero-order valence-electron chi connectivity index (χ0n) is 15.3. The smallest absolute Gasteiger partial charge is 0.306 e. The number of anilines is 1. The summed E-state index contributed by atoms with van der Waals surface area (Å²) in [6, 6.07) is 8.59. The normalized spacial score (nSPS) is 10.7. The Morgan fingerprint density at radius 2 is 1.77 bits per heavy atom. The molecule has 1 heterocycles. The molecular formula is C20H14Cl3FN2O4. The molecule has 1 aromatic heterocycles. The highest BCUT2D eigenvalue weighted by atomic mass is 35.5. The second-order valence-electron chi connectivity index (χ2n) is 6.08. The van der Waals surface area contributed by atoms with E-state index in [1.54, 1.807) is 12.1 Å².